The van der Waals surface area contributed by atoms with Crippen molar-refractivity contribution in [3.63, 3.8) is 0 Å². The van der Waals surface area contributed by atoms with Gasteiger partial charge in [0.25, 0.3) is 5.56 Å². The number of nitrogens with zero attached hydrogens (tertiary/aromatic N) is 1. The van der Waals surface area contributed by atoms with Crippen LogP contribution in [0, 0.1) is 0 Å². The van der Waals surface area contributed by atoms with Gasteiger partial charge in [0.1, 0.15) is 0 Å². The fraction of sp³-hybridized carbons (Fsp3) is 0.133. The third kappa shape index (κ3) is 1.64. The van der Waals surface area contributed by atoms with Crippen molar-refractivity contribution in [1.82, 2.24) is 9.88 Å². The number of rotatable bonds is 1. The molecular weight excluding hydrogens is 224 g/mol. The van der Waals surface area contributed by atoms with Crippen LogP contribution in [0.4, 0.5) is 0 Å². The smallest absolute Gasteiger partial charge is 0.251 e. The first-order valence-electron chi connectivity index (χ1n) is 5.96. The maximum absolute atomic E-state index is 12.0. The molecule has 2 heterocycles. The minimum atomic E-state index is 0.0246. The number of fused-ring (bicyclic) bond motifs is 1. The van der Waals surface area contributed by atoms with E-state index in [1.807, 2.05) is 30.5 Å². The van der Waals surface area contributed by atoms with Crippen molar-refractivity contribution < 1.29 is 0 Å². The number of nitrogens with one attached hydrogen (secondary N) is 1. The summed E-state index contributed by atoms with van der Waals surface area (Å²) in [5.41, 5.74) is 3.10. The zero-order chi connectivity index (χ0) is 12.5. The summed E-state index contributed by atoms with van der Waals surface area (Å²) in [5.74, 6) is 0. The summed E-state index contributed by atoms with van der Waals surface area (Å²) in [6.07, 6.45) is 6.02. The molecule has 18 heavy (non-hydrogen) atoms. The molecule has 0 saturated carbocycles. The van der Waals surface area contributed by atoms with Crippen LogP contribution in [0.25, 0.3) is 16.5 Å². The molecule has 0 spiro atoms. The molecule has 90 valence electrons. The Labute approximate surface area is 105 Å². The first kappa shape index (κ1) is 10.8. The Kier molecular flexibility index (Phi) is 2.52. The van der Waals surface area contributed by atoms with Gasteiger partial charge >= 0.3 is 0 Å². The molecule has 0 radical (unpaired) electrons. The van der Waals surface area contributed by atoms with Crippen LogP contribution in [-0.4, -0.2) is 11.1 Å². The topological polar surface area (TPSA) is 34.0 Å². The summed E-state index contributed by atoms with van der Waals surface area (Å²) in [7, 11) is 1.81. The molecule has 0 saturated heterocycles. The van der Waals surface area contributed by atoms with Crippen molar-refractivity contribution in [3.8, 4) is 0 Å². The molecule has 1 aromatic carbocycles. The van der Waals surface area contributed by atoms with E-state index in [2.05, 4.69) is 17.5 Å². The standard InChI is InChI=1S/C15H14N2O/c1-17-14-5-3-2-4-12(14)13(10-15(17)18)11-6-8-16-9-7-11/h2-8,10,16H,9H2,1H3. The Hall–Kier alpha value is -2.29. The Morgan fingerprint density at radius 1 is 1.28 bits per heavy atom. The van der Waals surface area contributed by atoms with E-state index in [1.165, 1.54) is 0 Å². The lowest BCUT2D eigenvalue weighted by molar-refractivity contribution is 0.904. The van der Waals surface area contributed by atoms with Gasteiger partial charge in [-0.15, -0.1) is 0 Å². The van der Waals surface area contributed by atoms with Gasteiger partial charge in [0.2, 0.25) is 0 Å². The SMILES string of the molecule is Cn1c(=O)cc(C2=CCNC=C2)c2ccccc21. The molecule has 3 nitrogen and oxygen atoms in total. The van der Waals surface area contributed by atoms with Gasteiger partial charge in [-0.1, -0.05) is 24.3 Å². The summed E-state index contributed by atoms with van der Waals surface area (Å²) in [6.45, 7) is 0.801. The van der Waals surface area contributed by atoms with Gasteiger partial charge in [0.15, 0.2) is 0 Å². The van der Waals surface area contributed by atoms with Crippen LogP contribution in [0.3, 0.4) is 0 Å². The second kappa shape index (κ2) is 4.18. The zero-order valence-corrected chi connectivity index (χ0v) is 10.2. The largest absolute Gasteiger partial charge is 0.387 e. The van der Waals surface area contributed by atoms with Crippen molar-refractivity contribution in [1.29, 1.82) is 0 Å². The van der Waals surface area contributed by atoms with Gasteiger partial charge in [-0.2, -0.15) is 0 Å². The van der Waals surface area contributed by atoms with Crippen LogP contribution >= 0.6 is 0 Å². The molecule has 2 aromatic rings. The number of hydrogen-bond donors (Lipinski definition) is 1. The van der Waals surface area contributed by atoms with Crippen molar-refractivity contribution in [3.05, 3.63) is 64.6 Å². The number of hydrogen-bond acceptors (Lipinski definition) is 2. The van der Waals surface area contributed by atoms with Gasteiger partial charge in [-0.25, -0.2) is 0 Å². The van der Waals surface area contributed by atoms with Gasteiger partial charge in [0.05, 0.1) is 5.52 Å². The Morgan fingerprint density at radius 2 is 2.11 bits per heavy atom. The van der Waals surface area contributed by atoms with E-state index in [1.54, 1.807) is 17.7 Å². The van der Waals surface area contributed by atoms with Crippen molar-refractivity contribution in [2.75, 3.05) is 6.54 Å². The number of allylic oxidation sites excluding steroid dienone is 2. The van der Waals surface area contributed by atoms with Gasteiger partial charge in [-0.05, 0) is 29.5 Å². The lowest BCUT2D eigenvalue weighted by atomic mass is 9.99. The molecule has 3 rings (SSSR count). The molecule has 1 aliphatic rings. The van der Waals surface area contributed by atoms with E-state index in [-0.39, 0.29) is 5.56 Å². The van der Waals surface area contributed by atoms with Crippen LogP contribution in [-0.2, 0) is 7.05 Å². The van der Waals surface area contributed by atoms with Gasteiger partial charge in [0, 0.05) is 25.0 Å². The fourth-order valence-corrected chi connectivity index (χ4v) is 2.30. The highest BCUT2D eigenvalue weighted by molar-refractivity contribution is 5.94. The lowest BCUT2D eigenvalue weighted by Crippen LogP contribution is -2.17. The Morgan fingerprint density at radius 3 is 2.89 bits per heavy atom. The van der Waals surface area contributed by atoms with Crippen LogP contribution in [0.15, 0.2) is 53.5 Å². The monoisotopic (exact) mass is 238 g/mol. The molecule has 0 atom stereocenters. The van der Waals surface area contributed by atoms with Crippen LogP contribution in [0.2, 0.25) is 0 Å². The van der Waals surface area contributed by atoms with Crippen LogP contribution < -0.4 is 10.9 Å². The van der Waals surface area contributed by atoms with Crippen molar-refractivity contribution in [2.45, 2.75) is 0 Å². The van der Waals surface area contributed by atoms with E-state index in [0.717, 1.165) is 28.6 Å². The number of aromatic nitrogens is 1. The normalized spacial score (nSPS) is 14.4. The molecule has 0 aliphatic carbocycles. The molecule has 1 aliphatic heterocycles. The first-order chi connectivity index (χ1) is 8.77. The molecule has 1 N–H and O–H groups in total. The molecule has 0 fully saturated rings. The maximum atomic E-state index is 12.0. The highest BCUT2D eigenvalue weighted by Gasteiger charge is 2.09. The summed E-state index contributed by atoms with van der Waals surface area (Å²) < 4.78 is 1.68. The molecule has 3 heteroatoms. The van der Waals surface area contributed by atoms with Crippen LogP contribution in [0.5, 0.6) is 0 Å². The van der Waals surface area contributed by atoms with Crippen LogP contribution in [0.1, 0.15) is 5.56 Å². The van der Waals surface area contributed by atoms with E-state index in [4.69, 9.17) is 0 Å². The summed E-state index contributed by atoms with van der Waals surface area (Å²) >= 11 is 0. The highest BCUT2D eigenvalue weighted by atomic mass is 16.1. The number of aryl methyl sites for hydroxylation is 1. The third-order valence-corrected chi connectivity index (χ3v) is 3.29. The summed E-state index contributed by atoms with van der Waals surface area (Å²) in [4.78, 5) is 12.0. The number of dihydropyridines is 1. The van der Waals surface area contributed by atoms with E-state index < -0.39 is 0 Å². The molecule has 0 unspecified atom stereocenters. The maximum Gasteiger partial charge on any atom is 0.251 e. The lowest BCUT2D eigenvalue weighted by Gasteiger charge is -2.13. The minimum Gasteiger partial charge on any atom is -0.387 e. The number of pyridine rings is 1. The fourth-order valence-electron chi connectivity index (χ4n) is 2.30. The summed E-state index contributed by atoms with van der Waals surface area (Å²) in [6, 6.07) is 9.70. The Balaban J connectivity index is 2.36. The highest BCUT2D eigenvalue weighted by Crippen LogP contribution is 2.24. The average Bonchev–Trinajstić information content (AvgIpc) is 2.44. The van der Waals surface area contributed by atoms with Gasteiger partial charge < -0.3 is 9.88 Å². The third-order valence-electron chi connectivity index (χ3n) is 3.29. The van der Waals surface area contributed by atoms with Crippen molar-refractivity contribution in [2.24, 2.45) is 7.05 Å². The van der Waals surface area contributed by atoms with E-state index >= 15 is 0 Å². The van der Waals surface area contributed by atoms with Crippen molar-refractivity contribution >= 4 is 16.5 Å². The quantitative estimate of drug-likeness (QED) is 0.825. The Bertz CT molecular complexity index is 723. The number of para-hydroxylation sites is 1. The second-order valence-electron chi connectivity index (χ2n) is 4.37. The second-order valence-corrected chi connectivity index (χ2v) is 4.37. The van der Waals surface area contributed by atoms with Gasteiger partial charge in [-0.3, -0.25) is 4.79 Å². The predicted octanol–water partition coefficient (Wildman–Crippen LogP) is 2.04. The molecular formula is C15H14N2O. The minimum absolute atomic E-state index is 0.0246. The predicted molar refractivity (Wildman–Crippen MR) is 74.3 cm³/mol. The first-order valence-corrected chi connectivity index (χ1v) is 5.96. The molecule has 1 aromatic heterocycles. The molecule has 0 bridgehead atoms. The zero-order valence-electron chi connectivity index (χ0n) is 10.2. The number of benzene rings is 1. The average molecular weight is 238 g/mol. The summed E-state index contributed by atoms with van der Waals surface area (Å²) in [5, 5.41) is 4.23. The molecule has 0 amide bonds. The van der Waals surface area contributed by atoms with E-state index in [9.17, 15) is 4.79 Å². The van der Waals surface area contributed by atoms with E-state index in [0.29, 0.717) is 0 Å².